The Morgan fingerprint density at radius 3 is 2.62 bits per heavy atom. The molecule has 2 rings (SSSR count). The van der Waals surface area contributed by atoms with Gasteiger partial charge in [-0.15, -0.1) is 0 Å². The van der Waals surface area contributed by atoms with Crippen LogP contribution in [0.1, 0.15) is 16.9 Å². The van der Waals surface area contributed by atoms with Gasteiger partial charge in [0.05, 0.1) is 6.26 Å². The second-order valence-electron chi connectivity index (χ2n) is 5.07. The van der Waals surface area contributed by atoms with Crippen molar-refractivity contribution in [3.05, 3.63) is 65.6 Å². The van der Waals surface area contributed by atoms with E-state index in [2.05, 4.69) is 16.3 Å². The number of hydrogen-bond donors (Lipinski definition) is 1. The lowest BCUT2D eigenvalue weighted by Crippen LogP contribution is -2.22. The van der Waals surface area contributed by atoms with Gasteiger partial charge in [0.25, 0.3) is 0 Å². The Morgan fingerprint density at radius 2 is 1.95 bits per heavy atom. The van der Waals surface area contributed by atoms with Gasteiger partial charge in [0.2, 0.25) is 5.91 Å². The molecule has 2 aromatic rings. The lowest BCUT2D eigenvalue weighted by molar-refractivity contribution is -0.116. The van der Waals surface area contributed by atoms with E-state index in [1.165, 1.54) is 11.6 Å². The first-order valence-electron chi connectivity index (χ1n) is 6.86. The molecule has 4 heteroatoms. The predicted molar refractivity (Wildman–Crippen MR) is 83.4 cm³/mol. The van der Waals surface area contributed by atoms with Gasteiger partial charge in [-0.2, -0.15) is 0 Å². The van der Waals surface area contributed by atoms with E-state index < -0.39 is 0 Å². The monoisotopic (exact) mass is 284 g/mol. The predicted octanol–water partition coefficient (Wildman–Crippen LogP) is 2.67. The second-order valence-corrected chi connectivity index (χ2v) is 5.07. The van der Waals surface area contributed by atoms with Gasteiger partial charge in [-0.1, -0.05) is 24.3 Å². The van der Waals surface area contributed by atoms with Crippen molar-refractivity contribution in [2.45, 2.75) is 13.1 Å². The number of nitrogens with zero attached hydrogens (tertiary/aromatic N) is 1. The van der Waals surface area contributed by atoms with Crippen LogP contribution in [-0.2, 0) is 17.9 Å². The van der Waals surface area contributed by atoms with Crippen molar-refractivity contribution in [1.29, 1.82) is 0 Å². The summed E-state index contributed by atoms with van der Waals surface area (Å²) < 4.78 is 5.14. The van der Waals surface area contributed by atoms with Crippen LogP contribution in [0.5, 0.6) is 0 Å². The van der Waals surface area contributed by atoms with Gasteiger partial charge in [0.1, 0.15) is 5.76 Å². The molecule has 0 fully saturated rings. The quantitative estimate of drug-likeness (QED) is 0.830. The summed E-state index contributed by atoms with van der Waals surface area (Å²) >= 11 is 0. The molecule has 0 saturated carbocycles. The zero-order valence-corrected chi connectivity index (χ0v) is 12.4. The fourth-order valence-electron chi connectivity index (χ4n) is 2.01. The van der Waals surface area contributed by atoms with Crippen LogP contribution in [0.3, 0.4) is 0 Å². The Labute approximate surface area is 125 Å². The van der Waals surface area contributed by atoms with Crippen molar-refractivity contribution in [3.8, 4) is 0 Å². The van der Waals surface area contributed by atoms with E-state index in [1.54, 1.807) is 24.5 Å². The van der Waals surface area contributed by atoms with Crippen molar-refractivity contribution < 1.29 is 9.21 Å². The summed E-state index contributed by atoms with van der Waals surface area (Å²) in [4.78, 5) is 13.9. The maximum absolute atomic E-state index is 11.8. The molecule has 1 amide bonds. The molecule has 1 N–H and O–H groups in total. The number of benzene rings is 1. The second kappa shape index (κ2) is 7.45. The number of carbonyl (C=O) groups excluding carboxylic acids is 1. The normalized spacial score (nSPS) is 11.2. The Morgan fingerprint density at radius 1 is 1.19 bits per heavy atom. The van der Waals surface area contributed by atoms with E-state index in [9.17, 15) is 4.79 Å². The van der Waals surface area contributed by atoms with Gasteiger partial charge in [0.15, 0.2) is 0 Å². The lowest BCUT2D eigenvalue weighted by atomic mass is 10.1. The number of carbonyl (C=O) groups is 1. The fraction of sp³-hybridized carbons (Fsp3) is 0.235. The van der Waals surface area contributed by atoms with Crippen molar-refractivity contribution in [2.24, 2.45) is 0 Å². The first kappa shape index (κ1) is 15.1. The molecule has 4 nitrogen and oxygen atoms in total. The Hall–Kier alpha value is -2.33. The molecule has 110 valence electrons. The van der Waals surface area contributed by atoms with E-state index in [4.69, 9.17) is 4.42 Å². The highest BCUT2D eigenvalue weighted by atomic mass is 16.3. The first-order chi connectivity index (χ1) is 10.1. The number of rotatable bonds is 6. The van der Waals surface area contributed by atoms with Crippen LogP contribution in [-0.4, -0.2) is 24.9 Å². The van der Waals surface area contributed by atoms with Crippen molar-refractivity contribution in [1.82, 2.24) is 10.2 Å². The largest absolute Gasteiger partial charge is 0.465 e. The average molecular weight is 284 g/mol. The molecule has 0 aliphatic rings. The summed E-state index contributed by atoms with van der Waals surface area (Å²) in [6, 6.07) is 11.7. The van der Waals surface area contributed by atoms with Gasteiger partial charge >= 0.3 is 0 Å². The molecule has 1 aromatic carbocycles. The summed E-state index contributed by atoms with van der Waals surface area (Å²) in [6.45, 7) is 1.37. The van der Waals surface area contributed by atoms with Crippen LogP contribution >= 0.6 is 0 Å². The molecule has 0 spiro atoms. The Bertz CT molecular complexity index is 601. The number of nitrogens with one attached hydrogen (secondary N) is 1. The van der Waals surface area contributed by atoms with Crippen LogP contribution in [0.4, 0.5) is 0 Å². The zero-order chi connectivity index (χ0) is 15.1. The minimum Gasteiger partial charge on any atom is -0.465 e. The van der Waals surface area contributed by atoms with E-state index >= 15 is 0 Å². The number of amides is 1. The van der Waals surface area contributed by atoms with Gasteiger partial charge < -0.3 is 14.6 Å². The lowest BCUT2D eigenvalue weighted by Gasteiger charge is -2.14. The molecule has 0 saturated heterocycles. The third-order valence-corrected chi connectivity index (χ3v) is 3.00. The van der Waals surface area contributed by atoms with E-state index in [0.29, 0.717) is 12.3 Å². The van der Waals surface area contributed by atoms with Crippen molar-refractivity contribution >= 4 is 12.0 Å². The van der Waals surface area contributed by atoms with Crippen LogP contribution in [0.2, 0.25) is 0 Å². The molecule has 0 bridgehead atoms. The highest BCUT2D eigenvalue weighted by Gasteiger charge is 2.04. The SMILES string of the molecule is CN(C)Cc1ccccc1CNC(=O)/C=C/c1ccco1. The molecule has 0 aliphatic heterocycles. The minimum absolute atomic E-state index is 0.133. The zero-order valence-electron chi connectivity index (χ0n) is 12.4. The van der Waals surface area contributed by atoms with Gasteiger partial charge in [-0.3, -0.25) is 4.79 Å². The Balaban J connectivity index is 1.92. The molecular weight excluding hydrogens is 264 g/mol. The molecule has 1 aromatic heterocycles. The molecular formula is C17H20N2O2. The molecule has 0 atom stereocenters. The first-order valence-corrected chi connectivity index (χ1v) is 6.86. The third kappa shape index (κ3) is 4.93. The molecule has 0 radical (unpaired) electrons. The summed E-state index contributed by atoms with van der Waals surface area (Å²) in [5, 5.41) is 2.89. The van der Waals surface area contributed by atoms with Crippen molar-refractivity contribution in [3.63, 3.8) is 0 Å². The highest BCUT2D eigenvalue weighted by molar-refractivity contribution is 5.91. The molecule has 0 aliphatic carbocycles. The molecule has 21 heavy (non-hydrogen) atoms. The highest BCUT2D eigenvalue weighted by Crippen LogP contribution is 2.10. The van der Waals surface area contributed by atoms with Crippen LogP contribution in [0, 0.1) is 0 Å². The minimum atomic E-state index is -0.133. The maximum atomic E-state index is 11.8. The van der Waals surface area contributed by atoms with E-state index in [1.807, 2.05) is 32.3 Å². The van der Waals surface area contributed by atoms with Crippen molar-refractivity contribution in [2.75, 3.05) is 14.1 Å². The third-order valence-electron chi connectivity index (χ3n) is 3.00. The fourth-order valence-corrected chi connectivity index (χ4v) is 2.01. The van der Waals surface area contributed by atoms with E-state index in [-0.39, 0.29) is 5.91 Å². The van der Waals surface area contributed by atoms with Gasteiger partial charge in [0, 0.05) is 19.2 Å². The summed E-state index contributed by atoms with van der Waals surface area (Å²) in [5.74, 6) is 0.532. The number of hydrogen-bond acceptors (Lipinski definition) is 3. The molecule has 1 heterocycles. The van der Waals surface area contributed by atoms with Crippen LogP contribution in [0.25, 0.3) is 6.08 Å². The Kier molecular flexibility index (Phi) is 5.35. The van der Waals surface area contributed by atoms with E-state index in [0.717, 1.165) is 12.1 Å². The number of furan rings is 1. The summed E-state index contributed by atoms with van der Waals surface area (Å²) in [5.41, 5.74) is 2.35. The average Bonchev–Trinajstić information content (AvgIpc) is 2.97. The van der Waals surface area contributed by atoms with Gasteiger partial charge in [-0.25, -0.2) is 0 Å². The topological polar surface area (TPSA) is 45.5 Å². The maximum Gasteiger partial charge on any atom is 0.244 e. The van der Waals surface area contributed by atoms with Gasteiger partial charge in [-0.05, 0) is 43.4 Å². The summed E-state index contributed by atoms with van der Waals surface area (Å²) in [7, 11) is 4.06. The summed E-state index contributed by atoms with van der Waals surface area (Å²) in [6.07, 6.45) is 4.71. The standard InChI is InChI=1S/C17H20N2O2/c1-19(2)13-15-7-4-3-6-14(15)12-18-17(20)10-9-16-8-5-11-21-16/h3-11H,12-13H2,1-2H3,(H,18,20)/b10-9+. The molecule has 0 unspecified atom stereocenters. The van der Waals surface area contributed by atoms with Crippen LogP contribution in [0.15, 0.2) is 53.2 Å². The smallest absolute Gasteiger partial charge is 0.244 e. The van der Waals surface area contributed by atoms with Crippen LogP contribution < -0.4 is 5.32 Å².